The van der Waals surface area contributed by atoms with Crippen molar-refractivity contribution in [2.75, 3.05) is 26.2 Å². The number of aliphatic hydroxyl groups is 2. The smallest absolute Gasteiger partial charge is 0.164 e. The van der Waals surface area contributed by atoms with Gasteiger partial charge in [0.2, 0.25) is 0 Å². The number of piperazine rings is 1. The lowest BCUT2D eigenvalue weighted by Crippen LogP contribution is -2.51. The van der Waals surface area contributed by atoms with E-state index in [1.165, 1.54) is 0 Å². The van der Waals surface area contributed by atoms with Crippen molar-refractivity contribution in [3.8, 4) is 0 Å². The molecule has 0 saturated carbocycles. The molecule has 0 aliphatic carbocycles. The Bertz CT molecular complexity index is 117. The molecule has 0 amide bonds. The molecule has 1 aliphatic rings. The van der Waals surface area contributed by atoms with E-state index >= 15 is 0 Å². The van der Waals surface area contributed by atoms with Crippen LogP contribution in [-0.4, -0.2) is 53.6 Å². The standard InChI is InChI=1S/C7H16N2O2/c1-6-4-9(3-2-8-6)5-7(10)11/h6-8,10-11H,2-5H2,1H3. The Morgan fingerprint density at radius 1 is 1.64 bits per heavy atom. The number of nitrogens with one attached hydrogen (secondary N) is 1. The summed E-state index contributed by atoms with van der Waals surface area (Å²) >= 11 is 0. The Labute approximate surface area is 66.8 Å². The van der Waals surface area contributed by atoms with Crippen LogP contribution in [0.25, 0.3) is 0 Å². The van der Waals surface area contributed by atoms with Gasteiger partial charge in [-0.15, -0.1) is 0 Å². The van der Waals surface area contributed by atoms with Crippen LogP contribution < -0.4 is 5.32 Å². The van der Waals surface area contributed by atoms with Crippen LogP contribution in [0.1, 0.15) is 6.92 Å². The molecule has 0 aromatic rings. The SMILES string of the molecule is CC1CN(CC(O)O)CCN1. The fourth-order valence-corrected chi connectivity index (χ4v) is 1.41. The van der Waals surface area contributed by atoms with Crippen LogP contribution in [0.2, 0.25) is 0 Å². The lowest BCUT2D eigenvalue weighted by molar-refractivity contribution is -0.0643. The molecule has 1 unspecified atom stereocenters. The van der Waals surface area contributed by atoms with E-state index in [-0.39, 0.29) is 0 Å². The average molecular weight is 160 g/mol. The molecular weight excluding hydrogens is 144 g/mol. The van der Waals surface area contributed by atoms with Crippen LogP contribution in [0.5, 0.6) is 0 Å². The fraction of sp³-hybridized carbons (Fsp3) is 1.00. The van der Waals surface area contributed by atoms with Crippen molar-refractivity contribution in [3.63, 3.8) is 0 Å². The highest BCUT2D eigenvalue weighted by atomic mass is 16.5. The fourth-order valence-electron chi connectivity index (χ4n) is 1.41. The maximum atomic E-state index is 8.68. The molecule has 66 valence electrons. The normalized spacial score (nSPS) is 27.8. The monoisotopic (exact) mass is 160 g/mol. The van der Waals surface area contributed by atoms with Gasteiger partial charge in [-0.25, -0.2) is 0 Å². The van der Waals surface area contributed by atoms with Crippen molar-refractivity contribution in [1.29, 1.82) is 0 Å². The topological polar surface area (TPSA) is 55.7 Å². The summed E-state index contributed by atoms with van der Waals surface area (Å²) in [6, 6.07) is 0.461. The molecule has 1 saturated heterocycles. The molecule has 4 heteroatoms. The first kappa shape index (κ1) is 8.93. The first-order chi connectivity index (χ1) is 5.18. The molecule has 1 fully saturated rings. The average Bonchev–Trinajstić information content (AvgIpc) is 1.85. The Morgan fingerprint density at radius 3 is 2.91 bits per heavy atom. The Kier molecular flexibility index (Phi) is 3.26. The largest absolute Gasteiger partial charge is 0.367 e. The van der Waals surface area contributed by atoms with Gasteiger partial charge in [0.25, 0.3) is 0 Å². The summed E-state index contributed by atoms with van der Waals surface area (Å²) in [5.41, 5.74) is 0. The van der Waals surface area contributed by atoms with E-state index in [0.29, 0.717) is 12.6 Å². The van der Waals surface area contributed by atoms with Crippen molar-refractivity contribution < 1.29 is 10.2 Å². The van der Waals surface area contributed by atoms with Crippen molar-refractivity contribution in [1.82, 2.24) is 10.2 Å². The van der Waals surface area contributed by atoms with E-state index < -0.39 is 6.29 Å². The lowest BCUT2D eigenvalue weighted by atomic mass is 10.2. The molecule has 1 rings (SSSR count). The molecule has 1 heterocycles. The summed E-state index contributed by atoms with van der Waals surface area (Å²) in [6.07, 6.45) is -1.19. The molecule has 11 heavy (non-hydrogen) atoms. The maximum Gasteiger partial charge on any atom is 0.164 e. The van der Waals surface area contributed by atoms with Gasteiger partial charge in [-0.3, -0.25) is 4.90 Å². The molecule has 4 nitrogen and oxygen atoms in total. The van der Waals surface area contributed by atoms with Gasteiger partial charge in [-0.05, 0) is 6.92 Å². The van der Waals surface area contributed by atoms with Gasteiger partial charge in [0.1, 0.15) is 0 Å². The molecule has 0 bridgehead atoms. The highest BCUT2D eigenvalue weighted by Crippen LogP contribution is 1.98. The second-order valence-corrected chi connectivity index (χ2v) is 3.10. The van der Waals surface area contributed by atoms with Gasteiger partial charge >= 0.3 is 0 Å². The van der Waals surface area contributed by atoms with Gasteiger partial charge in [0.15, 0.2) is 6.29 Å². The summed E-state index contributed by atoms with van der Waals surface area (Å²) < 4.78 is 0. The Hall–Kier alpha value is -0.160. The van der Waals surface area contributed by atoms with Crippen LogP contribution in [0.3, 0.4) is 0 Å². The maximum absolute atomic E-state index is 8.68. The van der Waals surface area contributed by atoms with Gasteiger partial charge < -0.3 is 15.5 Å². The summed E-state index contributed by atoms with van der Waals surface area (Å²) in [6.45, 7) is 5.20. The third kappa shape index (κ3) is 3.16. The predicted octanol–water partition coefficient (Wildman–Crippen LogP) is -1.41. The number of aliphatic hydroxyl groups excluding tert-OH is 1. The van der Waals surface area contributed by atoms with E-state index in [4.69, 9.17) is 10.2 Å². The highest BCUT2D eigenvalue weighted by Gasteiger charge is 2.16. The molecule has 1 atom stereocenters. The number of β-amino-alcohol motifs (C(OH)–C–C–N with tert-alkyl or cyclic N) is 2. The molecule has 3 N–H and O–H groups in total. The zero-order valence-electron chi connectivity index (χ0n) is 6.82. The summed E-state index contributed by atoms with van der Waals surface area (Å²) in [5.74, 6) is 0. The third-order valence-electron chi connectivity index (χ3n) is 1.87. The van der Waals surface area contributed by atoms with Crippen molar-refractivity contribution >= 4 is 0 Å². The second kappa shape index (κ2) is 4.01. The number of hydrogen-bond acceptors (Lipinski definition) is 4. The zero-order valence-corrected chi connectivity index (χ0v) is 6.82. The summed E-state index contributed by atoms with van der Waals surface area (Å²) in [7, 11) is 0. The van der Waals surface area contributed by atoms with Crippen LogP contribution in [0, 0.1) is 0 Å². The Morgan fingerprint density at radius 2 is 2.36 bits per heavy atom. The number of rotatable bonds is 2. The van der Waals surface area contributed by atoms with E-state index in [1.54, 1.807) is 0 Å². The minimum absolute atomic E-state index is 0.367. The summed E-state index contributed by atoms with van der Waals surface area (Å²) in [4.78, 5) is 2.05. The molecule has 0 radical (unpaired) electrons. The second-order valence-electron chi connectivity index (χ2n) is 3.10. The first-order valence-corrected chi connectivity index (χ1v) is 4.00. The van der Waals surface area contributed by atoms with Crippen LogP contribution in [0.4, 0.5) is 0 Å². The molecular formula is C7H16N2O2. The van der Waals surface area contributed by atoms with Gasteiger partial charge in [0.05, 0.1) is 0 Å². The molecule has 0 spiro atoms. The van der Waals surface area contributed by atoms with Crippen LogP contribution in [-0.2, 0) is 0 Å². The minimum atomic E-state index is -1.19. The first-order valence-electron chi connectivity index (χ1n) is 4.00. The highest BCUT2D eigenvalue weighted by molar-refractivity contribution is 4.74. The van der Waals surface area contributed by atoms with Crippen molar-refractivity contribution in [2.24, 2.45) is 0 Å². The molecule has 0 aromatic heterocycles. The quantitative estimate of drug-likeness (QED) is 0.434. The van der Waals surface area contributed by atoms with Crippen LogP contribution >= 0.6 is 0 Å². The van der Waals surface area contributed by atoms with Crippen molar-refractivity contribution in [2.45, 2.75) is 19.3 Å². The van der Waals surface area contributed by atoms with Gasteiger partial charge in [0, 0.05) is 32.2 Å². The van der Waals surface area contributed by atoms with Gasteiger partial charge in [-0.1, -0.05) is 0 Å². The zero-order chi connectivity index (χ0) is 8.27. The van der Waals surface area contributed by atoms with Crippen molar-refractivity contribution in [3.05, 3.63) is 0 Å². The van der Waals surface area contributed by atoms with E-state index in [2.05, 4.69) is 12.2 Å². The Balaban J connectivity index is 2.23. The molecule has 0 aromatic carbocycles. The van der Waals surface area contributed by atoms with E-state index in [1.807, 2.05) is 4.90 Å². The molecule has 1 aliphatic heterocycles. The lowest BCUT2D eigenvalue weighted by Gasteiger charge is -2.31. The minimum Gasteiger partial charge on any atom is -0.367 e. The summed E-state index contributed by atoms with van der Waals surface area (Å²) in [5, 5.41) is 20.6. The van der Waals surface area contributed by atoms with Crippen LogP contribution in [0.15, 0.2) is 0 Å². The predicted molar refractivity (Wildman–Crippen MR) is 42.1 cm³/mol. The van der Waals surface area contributed by atoms with E-state index in [0.717, 1.165) is 19.6 Å². The number of nitrogens with zero attached hydrogens (tertiary/aromatic N) is 1. The number of hydrogen-bond donors (Lipinski definition) is 3. The third-order valence-corrected chi connectivity index (χ3v) is 1.87. The van der Waals surface area contributed by atoms with Gasteiger partial charge in [-0.2, -0.15) is 0 Å². The van der Waals surface area contributed by atoms with E-state index in [9.17, 15) is 0 Å².